The molecule has 1 aromatic rings. The van der Waals surface area contributed by atoms with Crippen LogP contribution in [0.25, 0.3) is 0 Å². The molecule has 0 aromatic carbocycles. The van der Waals surface area contributed by atoms with E-state index in [0.29, 0.717) is 18.3 Å². The highest BCUT2D eigenvalue weighted by atomic mass is 16.1. The van der Waals surface area contributed by atoms with Gasteiger partial charge >= 0.3 is 0 Å². The summed E-state index contributed by atoms with van der Waals surface area (Å²) in [6.45, 7) is 2.65. The third kappa shape index (κ3) is 3.36. The lowest BCUT2D eigenvalue weighted by Gasteiger charge is -2.02. The van der Waals surface area contributed by atoms with E-state index >= 15 is 0 Å². The van der Waals surface area contributed by atoms with Gasteiger partial charge in [0.2, 0.25) is 5.91 Å². The first kappa shape index (κ1) is 10.2. The molecule has 3 N–H and O–H groups in total. The SMILES string of the molecule is Cc1cc(NC(=O)CCNC2CC2)n[nH]1. The molecular weight excluding hydrogens is 192 g/mol. The molecule has 1 fully saturated rings. The number of carbonyl (C=O) groups excluding carboxylic acids is 1. The maximum atomic E-state index is 11.4. The minimum Gasteiger partial charge on any atom is -0.313 e. The van der Waals surface area contributed by atoms with Gasteiger partial charge in [-0.15, -0.1) is 0 Å². The second-order valence-electron chi connectivity index (χ2n) is 3.96. The number of anilines is 1. The van der Waals surface area contributed by atoms with Crippen LogP contribution in [0.15, 0.2) is 6.07 Å². The number of amides is 1. The lowest BCUT2D eigenvalue weighted by atomic mass is 10.4. The van der Waals surface area contributed by atoms with Crippen molar-refractivity contribution in [3.8, 4) is 0 Å². The molecule has 0 bridgehead atoms. The Morgan fingerprint density at radius 2 is 2.47 bits per heavy atom. The summed E-state index contributed by atoms with van der Waals surface area (Å²) in [5, 5.41) is 12.7. The first-order valence-electron chi connectivity index (χ1n) is 5.29. The fourth-order valence-electron chi connectivity index (χ4n) is 1.36. The van der Waals surface area contributed by atoms with E-state index in [1.165, 1.54) is 12.8 Å². The quantitative estimate of drug-likeness (QED) is 0.670. The average Bonchev–Trinajstić information content (AvgIpc) is 2.91. The van der Waals surface area contributed by atoms with Gasteiger partial charge in [-0.1, -0.05) is 0 Å². The van der Waals surface area contributed by atoms with Crippen LogP contribution in [0.3, 0.4) is 0 Å². The van der Waals surface area contributed by atoms with Crippen molar-refractivity contribution in [3.63, 3.8) is 0 Å². The lowest BCUT2D eigenvalue weighted by molar-refractivity contribution is -0.116. The zero-order valence-corrected chi connectivity index (χ0v) is 8.84. The number of hydrogen-bond donors (Lipinski definition) is 3. The monoisotopic (exact) mass is 208 g/mol. The van der Waals surface area contributed by atoms with E-state index in [2.05, 4.69) is 20.8 Å². The van der Waals surface area contributed by atoms with Gasteiger partial charge in [-0.2, -0.15) is 5.10 Å². The van der Waals surface area contributed by atoms with Crippen LogP contribution >= 0.6 is 0 Å². The Morgan fingerprint density at radius 1 is 1.67 bits per heavy atom. The summed E-state index contributed by atoms with van der Waals surface area (Å²) in [6.07, 6.45) is 3.00. The topological polar surface area (TPSA) is 69.8 Å². The van der Waals surface area contributed by atoms with Gasteiger partial charge in [0.05, 0.1) is 0 Å². The molecule has 1 saturated carbocycles. The molecule has 1 aliphatic rings. The Hall–Kier alpha value is -1.36. The maximum Gasteiger partial charge on any atom is 0.226 e. The Morgan fingerprint density at radius 3 is 3.07 bits per heavy atom. The molecule has 15 heavy (non-hydrogen) atoms. The van der Waals surface area contributed by atoms with Gasteiger partial charge in [0.15, 0.2) is 5.82 Å². The molecule has 5 heteroatoms. The van der Waals surface area contributed by atoms with Crippen molar-refractivity contribution >= 4 is 11.7 Å². The van der Waals surface area contributed by atoms with Gasteiger partial charge < -0.3 is 10.6 Å². The lowest BCUT2D eigenvalue weighted by Crippen LogP contribution is -2.23. The van der Waals surface area contributed by atoms with E-state index in [1.807, 2.05) is 13.0 Å². The number of nitrogens with one attached hydrogen (secondary N) is 3. The molecule has 0 spiro atoms. The van der Waals surface area contributed by atoms with Gasteiger partial charge in [0.25, 0.3) is 0 Å². The number of H-pyrrole nitrogens is 1. The first-order chi connectivity index (χ1) is 7.24. The van der Waals surface area contributed by atoms with E-state index in [9.17, 15) is 4.79 Å². The molecule has 1 heterocycles. The highest BCUT2D eigenvalue weighted by molar-refractivity contribution is 5.89. The summed E-state index contributed by atoms with van der Waals surface area (Å²) in [5.41, 5.74) is 0.946. The molecule has 1 amide bonds. The molecule has 82 valence electrons. The van der Waals surface area contributed by atoms with Gasteiger partial charge in [-0.05, 0) is 19.8 Å². The zero-order valence-electron chi connectivity index (χ0n) is 8.84. The molecule has 0 saturated heterocycles. The van der Waals surface area contributed by atoms with Crippen LogP contribution < -0.4 is 10.6 Å². The van der Waals surface area contributed by atoms with Crippen LogP contribution in [0.2, 0.25) is 0 Å². The number of carbonyl (C=O) groups is 1. The predicted molar refractivity (Wildman–Crippen MR) is 57.6 cm³/mol. The van der Waals surface area contributed by atoms with Crippen LogP contribution in [0.5, 0.6) is 0 Å². The number of aromatic amines is 1. The predicted octanol–water partition coefficient (Wildman–Crippen LogP) is 0.799. The summed E-state index contributed by atoms with van der Waals surface area (Å²) < 4.78 is 0. The molecule has 0 aliphatic heterocycles. The largest absolute Gasteiger partial charge is 0.313 e. The summed E-state index contributed by atoms with van der Waals surface area (Å²) in [4.78, 5) is 11.4. The van der Waals surface area contributed by atoms with E-state index in [4.69, 9.17) is 0 Å². The van der Waals surface area contributed by atoms with Crippen LogP contribution in [0.4, 0.5) is 5.82 Å². The maximum absolute atomic E-state index is 11.4. The van der Waals surface area contributed by atoms with Crippen LogP contribution in [0, 0.1) is 6.92 Å². The standard InChI is InChI=1S/C10H16N4O/c1-7-6-9(14-13-7)12-10(15)4-5-11-8-2-3-8/h6,8,11H,2-5H2,1H3,(H2,12,13,14,15). The third-order valence-corrected chi connectivity index (χ3v) is 2.34. The Bertz CT molecular complexity index is 343. The summed E-state index contributed by atoms with van der Waals surface area (Å²) in [5.74, 6) is 0.610. The molecular formula is C10H16N4O. The van der Waals surface area contributed by atoms with E-state index in [0.717, 1.165) is 12.2 Å². The van der Waals surface area contributed by atoms with Crippen LogP contribution in [-0.4, -0.2) is 28.7 Å². The molecule has 0 unspecified atom stereocenters. The van der Waals surface area contributed by atoms with Gasteiger partial charge in [-0.3, -0.25) is 9.89 Å². The average molecular weight is 208 g/mol. The fourth-order valence-corrected chi connectivity index (χ4v) is 1.36. The smallest absolute Gasteiger partial charge is 0.226 e. The Labute approximate surface area is 88.6 Å². The normalized spacial score (nSPS) is 15.3. The fraction of sp³-hybridized carbons (Fsp3) is 0.600. The van der Waals surface area contributed by atoms with Gasteiger partial charge in [0.1, 0.15) is 0 Å². The zero-order chi connectivity index (χ0) is 10.7. The Balaban J connectivity index is 1.67. The van der Waals surface area contributed by atoms with Crippen molar-refractivity contribution in [1.82, 2.24) is 15.5 Å². The Kier molecular flexibility index (Phi) is 3.01. The minimum atomic E-state index is 0.00894. The molecule has 5 nitrogen and oxygen atoms in total. The minimum absolute atomic E-state index is 0.00894. The molecule has 2 rings (SSSR count). The van der Waals surface area contributed by atoms with Crippen molar-refractivity contribution in [2.45, 2.75) is 32.2 Å². The number of nitrogens with zero attached hydrogens (tertiary/aromatic N) is 1. The third-order valence-electron chi connectivity index (χ3n) is 2.34. The first-order valence-corrected chi connectivity index (χ1v) is 5.29. The number of aromatic nitrogens is 2. The van der Waals surface area contributed by atoms with E-state index in [-0.39, 0.29) is 5.91 Å². The van der Waals surface area contributed by atoms with Crippen molar-refractivity contribution in [3.05, 3.63) is 11.8 Å². The van der Waals surface area contributed by atoms with Crippen molar-refractivity contribution < 1.29 is 4.79 Å². The second kappa shape index (κ2) is 4.44. The summed E-state index contributed by atoms with van der Waals surface area (Å²) in [6, 6.07) is 2.47. The van der Waals surface area contributed by atoms with Crippen molar-refractivity contribution in [2.75, 3.05) is 11.9 Å². The molecule has 1 aliphatic carbocycles. The van der Waals surface area contributed by atoms with Crippen LogP contribution in [-0.2, 0) is 4.79 Å². The van der Waals surface area contributed by atoms with E-state index < -0.39 is 0 Å². The van der Waals surface area contributed by atoms with Crippen LogP contribution in [0.1, 0.15) is 25.0 Å². The number of aryl methyl sites for hydroxylation is 1. The summed E-state index contributed by atoms with van der Waals surface area (Å²) >= 11 is 0. The van der Waals surface area contributed by atoms with Crippen molar-refractivity contribution in [1.29, 1.82) is 0 Å². The van der Waals surface area contributed by atoms with E-state index in [1.54, 1.807) is 0 Å². The van der Waals surface area contributed by atoms with Crippen molar-refractivity contribution in [2.24, 2.45) is 0 Å². The number of rotatable bonds is 5. The highest BCUT2D eigenvalue weighted by Crippen LogP contribution is 2.18. The second-order valence-corrected chi connectivity index (χ2v) is 3.96. The highest BCUT2D eigenvalue weighted by Gasteiger charge is 2.20. The summed E-state index contributed by atoms with van der Waals surface area (Å²) in [7, 11) is 0. The molecule has 0 atom stereocenters. The molecule has 0 radical (unpaired) electrons. The van der Waals surface area contributed by atoms with Gasteiger partial charge in [-0.25, -0.2) is 0 Å². The van der Waals surface area contributed by atoms with Gasteiger partial charge in [0, 0.05) is 30.8 Å². The number of hydrogen-bond acceptors (Lipinski definition) is 3. The molecule has 1 aromatic heterocycles.